The Bertz CT molecular complexity index is 1130. The number of hydrogen-bond acceptors (Lipinski definition) is 6. The SMILES string of the molecule is CN(C(=O)Cn1c(N2CC[C@@H](F)[C@H](N)C2)nc2cc(F)c(F)cc21)C1CCS(=O)(=O)CC1. The van der Waals surface area contributed by atoms with Crippen molar-refractivity contribution < 1.29 is 26.4 Å². The summed E-state index contributed by atoms with van der Waals surface area (Å²) in [6.45, 7) is 0.245. The zero-order valence-electron chi connectivity index (χ0n) is 17.7. The molecule has 2 aromatic rings. The molecule has 0 bridgehead atoms. The molecule has 2 saturated heterocycles. The third kappa shape index (κ3) is 4.42. The largest absolute Gasteiger partial charge is 0.341 e. The summed E-state index contributed by atoms with van der Waals surface area (Å²) in [6, 6.07) is 0.984. The molecule has 1 amide bonds. The molecule has 0 saturated carbocycles. The average Bonchev–Trinajstić information content (AvgIpc) is 3.07. The molecule has 32 heavy (non-hydrogen) atoms. The van der Waals surface area contributed by atoms with Gasteiger partial charge in [-0.3, -0.25) is 4.79 Å². The monoisotopic (exact) mass is 473 g/mol. The molecule has 0 aliphatic carbocycles. The van der Waals surface area contributed by atoms with Gasteiger partial charge >= 0.3 is 0 Å². The average molecular weight is 474 g/mol. The lowest BCUT2D eigenvalue weighted by atomic mass is 10.1. The van der Waals surface area contributed by atoms with Crippen molar-refractivity contribution in [3.63, 3.8) is 0 Å². The number of anilines is 1. The maximum atomic E-state index is 14.0. The van der Waals surface area contributed by atoms with E-state index in [1.54, 1.807) is 11.9 Å². The summed E-state index contributed by atoms with van der Waals surface area (Å²) in [7, 11) is -1.47. The van der Waals surface area contributed by atoms with Crippen molar-refractivity contribution in [2.24, 2.45) is 5.73 Å². The van der Waals surface area contributed by atoms with Crippen LogP contribution in [0.25, 0.3) is 11.0 Å². The third-order valence-corrected chi connectivity index (χ3v) is 8.10. The second kappa shape index (κ2) is 8.54. The Hall–Kier alpha value is -2.34. The number of piperidine rings is 1. The van der Waals surface area contributed by atoms with Crippen molar-refractivity contribution >= 4 is 32.7 Å². The first-order chi connectivity index (χ1) is 15.1. The molecule has 2 aliphatic rings. The van der Waals surface area contributed by atoms with Crippen LogP contribution in [-0.2, 0) is 21.2 Å². The van der Waals surface area contributed by atoms with Crippen molar-refractivity contribution in [3.8, 4) is 0 Å². The van der Waals surface area contributed by atoms with Crippen LogP contribution in [0.1, 0.15) is 19.3 Å². The number of rotatable bonds is 4. The van der Waals surface area contributed by atoms with Crippen LogP contribution in [0.5, 0.6) is 0 Å². The number of nitrogens with zero attached hydrogens (tertiary/aromatic N) is 4. The molecule has 0 spiro atoms. The molecular formula is C20H26F3N5O3S. The predicted molar refractivity (Wildman–Crippen MR) is 114 cm³/mol. The lowest BCUT2D eigenvalue weighted by Crippen LogP contribution is -2.50. The summed E-state index contributed by atoms with van der Waals surface area (Å²) in [5, 5.41) is 0. The molecule has 176 valence electrons. The highest BCUT2D eigenvalue weighted by Crippen LogP contribution is 2.28. The van der Waals surface area contributed by atoms with Crippen LogP contribution in [-0.4, -0.2) is 78.7 Å². The number of carbonyl (C=O) groups excluding carboxylic acids is 1. The van der Waals surface area contributed by atoms with Gasteiger partial charge in [0.05, 0.1) is 28.6 Å². The fourth-order valence-corrected chi connectivity index (χ4v) is 5.82. The van der Waals surface area contributed by atoms with E-state index >= 15 is 0 Å². The van der Waals surface area contributed by atoms with Gasteiger partial charge in [-0.25, -0.2) is 26.6 Å². The topological polar surface area (TPSA) is 102 Å². The van der Waals surface area contributed by atoms with Gasteiger partial charge in [0, 0.05) is 38.3 Å². The molecule has 2 aliphatic heterocycles. The van der Waals surface area contributed by atoms with E-state index < -0.39 is 33.7 Å². The fourth-order valence-electron chi connectivity index (χ4n) is 4.36. The van der Waals surface area contributed by atoms with Crippen LogP contribution in [0, 0.1) is 11.6 Å². The van der Waals surface area contributed by atoms with Crippen molar-refractivity contribution in [2.75, 3.05) is 36.5 Å². The van der Waals surface area contributed by atoms with Crippen molar-refractivity contribution in [1.82, 2.24) is 14.5 Å². The Morgan fingerprint density at radius 2 is 1.88 bits per heavy atom. The Labute approximate surface area is 184 Å². The van der Waals surface area contributed by atoms with Crippen molar-refractivity contribution in [3.05, 3.63) is 23.8 Å². The number of amides is 1. The molecular weight excluding hydrogens is 447 g/mol. The normalized spacial score (nSPS) is 24.1. The van der Waals surface area contributed by atoms with Crippen LogP contribution in [0.15, 0.2) is 12.1 Å². The van der Waals surface area contributed by atoms with Gasteiger partial charge in [-0.05, 0) is 19.3 Å². The molecule has 12 heteroatoms. The zero-order valence-corrected chi connectivity index (χ0v) is 18.5. The molecule has 2 N–H and O–H groups in total. The van der Waals surface area contributed by atoms with Crippen LogP contribution in [0.3, 0.4) is 0 Å². The number of sulfone groups is 1. The number of alkyl halides is 1. The quantitative estimate of drug-likeness (QED) is 0.717. The highest BCUT2D eigenvalue weighted by atomic mass is 32.2. The first kappa shape index (κ1) is 22.8. The summed E-state index contributed by atoms with van der Waals surface area (Å²) < 4.78 is 66.6. The van der Waals surface area contributed by atoms with Gasteiger partial charge in [0.25, 0.3) is 0 Å². The third-order valence-electron chi connectivity index (χ3n) is 6.38. The maximum Gasteiger partial charge on any atom is 0.242 e. The van der Waals surface area contributed by atoms with E-state index in [1.807, 2.05) is 0 Å². The molecule has 2 fully saturated rings. The fraction of sp³-hybridized carbons (Fsp3) is 0.600. The predicted octanol–water partition coefficient (Wildman–Crippen LogP) is 1.23. The number of nitrogens with two attached hydrogens (primary N) is 1. The number of fused-ring (bicyclic) bond motifs is 1. The summed E-state index contributed by atoms with van der Waals surface area (Å²) in [5.41, 5.74) is 6.28. The van der Waals surface area contributed by atoms with Crippen molar-refractivity contribution in [2.45, 2.75) is 44.1 Å². The van der Waals surface area contributed by atoms with Crippen LogP contribution < -0.4 is 10.6 Å². The van der Waals surface area contributed by atoms with Gasteiger partial charge in [-0.1, -0.05) is 0 Å². The van der Waals surface area contributed by atoms with E-state index in [9.17, 15) is 26.4 Å². The lowest BCUT2D eigenvalue weighted by Gasteiger charge is -2.34. The molecule has 3 heterocycles. The van der Waals surface area contributed by atoms with Gasteiger partial charge in [-0.15, -0.1) is 0 Å². The number of halogens is 3. The molecule has 1 aromatic carbocycles. The minimum Gasteiger partial charge on any atom is -0.341 e. The van der Waals surface area contributed by atoms with E-state index in [2.05, 4.69) is 4.98 Å². The number of carbonyl (C=O) groups is 1. The number of aromatic nitrogens is 2. The molecule has 1 aromatic heterocycles. The number of imidazole rings is 1. The summed E-state index contributed by atoms with van der Waals surface area (Å²) in [4.78, 5) is 20.7. The van der Waals surface area contributed by atoms with E-state index in [-0.39, 0.29) is 54.0 Å². The van der Waals surface area contributed by atoms with Gasteiger partial charge < -0.3 is 20.1 Å². The summed E-state index contributed by atoms with van der Waals surface area (Å²) in [6.07, 6.45) is -0.284. The summed E-state index contributed by atoms with van der Waals surface area (Å²) >= 11 is 0. The van der Waals surface area contributed by atoms with E-state index in [4.69, 9.17) is 5.73 Å². The van der Waals surface area contributed by atoms with Crippen LogP contribution >= 0.6 is 0 Å². The standard InChI is InChI=1S/C20H26F3N5O3S/c1-26(12-3-6-32(30,31)7-4-12)19(29)11-28-18-9-15(23)14(22)8-17(18)25-20(28)27-5-2-13(21)16(24)10-27/h8-9,12-13,16H,2-7,10-11,24H2,1H3/t13-,16-/m1/s1. The number of hydrogen-bond donors (Lipinski definition) is 1. The first-order valence-corrected chi connectivity index (χ1v) is 12.3. The highest BCUT2D eigenvalue weighted by molar-refractivity contribution is 7.91. The first-order valence-electron chi connectivity index (χ1n) is 10.5. The second-order valence-corrected chi connectivity index (χ2v) is 10.9. The van der Waals surface area contributed by atoms with E-state index in [0.29, 0.717) is 25.3 Å². The Balaban J connectivity index is 1.64. The minimum atomic E-state index is -3.07. The van der Waals surface area contributed by atoms with Crippen LogP contribution in [0.2, 0.25) is 0 Å². The summed E-state index contributed by atoms with van der Waals surface area (Å²) in [5.74, 6) is -2.10. The smallest absolute Gasteiger partial charge is 0.242 e. The zero-order chi connectivity index (χ0) is 23.2. The lowest BCUT2D eigenvalue weighted by molar-refractivity contribution is -0.132. The molecule has 0 unspecified atom stereocenters. The Kier molecular flexibility index (Phi) is 6.10. The molecule has 8 nitrogen and oxygen atoms in total. The number of likely N-dealkylation sites (N-methyl/N-ethyl adjacent to an activating group) is 1. The van der Waals surface area contributed by atoms with Gasteiger partial charge in [-0.2, -0.15) is 0 Å². The minimum absolute atomic E-state index is 0.0229. The Morgan fingerprint density at radius 3 is 2.53 bits per heavy atom. The van der Waals surface area contributed by atoms with Gasteiger partial charge in [0.15, 0.2) is 11.6 Å². The molecule has 0 radical (unpaired) electrons. The Morgan fingerprint density at radius 1 is 1.22 bits per heavy atom. The van der Waals surface area contributed by atoms with E-state index in [0.717, 1.165) is 12.1 Å². The van der Waals surface area contributed by atoms with Gasteiger partial charge in [0.2, 0.25) is 11.9 Å². The van der Waals surface area contributed by atoms with Crippen molar-refractivity contribution in [1.29, 1.82) is 0 Å². The second-order valence-electron chi connectivity index (χ2n) is 8.56. The highest BCUT2D eigenvalue weighted by Gasteiger charge is 2.32. The maximum absolute atomic E-state index is 14.0. The van der Waals surface area contributed by atoms with Gasteiger partial charge in [0.1, 0.15) is 22.6 Å². The molecule has 2 atom stereocenters. The van der Waals surface area contributed by atoms with Crippen LogP contribution in [0.4, 0.5) is 19.1 Å². The molecule has 4 rings (SSSR count). The van der Waals surface area contributed by atoms with E-state index in [1.165, 1.54) is 9.47 Å². The number of benzene rings is 1.